The molecular weight excluding hydrogens is 330 g/mol. The second-order valence-electron chi connectivity index (χ2n) is 4.93. The fourth-order valence-electron chi connectivity index (χ4n) is 1.86. The summed E-state index contributed by atoms with van der Waals surface area (Å²) in [5.41, 5.74) is 0.391. The number of urea groups is 1. The van der Waals surface area contributed by atoms with Crippen molar-refractivity contribution in [3.8, 4) is 16.9 Å². The maximum absolute atomic E-state index is 12.1. The molecule has 0 saturated heterocycles. The van der Waals surface area contributed by atoms with E-state index in [0.29, 0.717) is 28.1 Å². The quantitative estimate of drug-likeness (QED) is 0.830. The number of nitrogens with zero attached hydrogens (tertiary/aromatic N) is 4. The topological polar surface area (TPSA) is 111 Å². The molecule has 0 aromatic carbocycles. The highest BCUT2D eigenvalue weighted by molar-refractivity contribution is 7.17. The van der Waals surface area contributed by atoms with Gasteiger partial charge in [-0.05, 0) is 13.8 Å². The molecule has 2 N–H and O–H groups in total. The number of carbonyl (C=O) groups excluding carboxylic acids is 1. The van der Waals surface area contributed by atoms with Gasteiger partial charge in [0.25, 0.3) is 0 Å². The molecule has 0 aliphatic heterocycles. The summed E-state index contributed by atoms with van der Waals surface area (Å²) < 4.78 is 5.57. The van der Waals surface area contributed by atoms with Gasteiger partial charge in [-0.15, -0.1) is 0 Å². The number of rotatable bonds is 6. The molecule has 2 amide bonds. The lowest BCUT2D eigenvalue weighted by molar-refractivity contribution is 0.141. The zero-order valence-electron chi connectivity index (χ0n) is 13.3. The number of likely N-dealkylation sites (N-methyl/N-ethyl adjacent to an activating group) is 1. The monoisotopic (exact) mass is 347 g/mol. The van der Waals surface area contributed by atoms with Crippen molar-refractivity contribution in [1.82, 2.24) is 14.9 Å². The van der Waals surface area contributed by atoms with Gasteiger partial charge in [0.1, 0.15) is 11.8 Å². The summed E-state index contributed by atoms with van der Waals surface area (Å²) >= 11 is 1.15. The van der Waals surface area contributed by atoms with Crippen LogP contribution in [0.4, 0.5) is 9.93 Å². The lowest BCUT2D eigenvalue weighted by Gasteiger charge is -2.21. The van der Waals surface area contributed by atoms with E-state index >= 15 is 0 Å². The highest BCUT2D eigenvalue weighted by Crippen LogP contribution is 2.30. The largest absolute Gasteiger partial charge is 0.443 e. The third-order valence-corrected chi connectivity index (χ3v) is 3.70. The van der Waals surface area contributed by atoms with Gasteiger partial charge in [0, 0.05) is 25.4 Å². The number of ether oxygens (including phenoxy) is 1. The molecule has 1 atom stereocenters. The van der Waals surface area contributed by atoms with Gasteiger partial charge < -0.3 is 14.7 Å². The average molecular weight is 347 g/mol. The maximum Gasteiger partial charge on any atom is 0.323 e. The highest BCUT2D eigenvalue weighted by Gasteiger charge is 2.15. The van der Waals surface area contributed by atoms with Crippen molar-refractivity contribution in [1.29, 1.82) is 5.26 Å². The summed E-state index contributed by atoms with van der Waals surface area (Å²) in [5, 5.41) is 21.7. The Balaban J connectivity index is 2.00. The maximum atomic E-state index is 12.1. The van der Waals surface area contributed by atoms with Crippen LogP contribution in [0.25, 0.3) is 0 Å². The van der Waals surface area contributed by atoms with E-state index < -0.39 is 6.10 Å². The van der Waals surface area contributed by atoms with Crippen molar-refractivity contribution in [3.05, 3.63) is 30.2 Å². The van der Waals surface area contributed by atoms with Crippen LogP contribution >= 0.6 is 11.3 Å². The molecule has 0 bridgehead atoms. The number of hydrogen-bond donors (Lipinski definition) is 2. The van der Waals surface area contributed by atoms with Gasteiger partial charge in [-0.1, -0.05) is 11.3 Å². The minimum Gasteiger partial charge on any atom is -0.443 e. The molecule has 0 saturated carbocycles. The number of aliphatic hydroxyl groups is 1. The Hall–Kier alpha value is -2.70. The normalized spacial score (nSPS) is 11.4. The number of carbonyl (C=O) groups is 1. The molecule has 0 aliphatic rings. The predicted octanol–water partition coefficient (Wildman–Crippen LogP) is 2.44. The summed E-state index contributed by atoms with van der Waals surface area (Å²) in [6, 6.07) is 3.20. The zero-order valence-corrected chi connectivity index (χ0v) is 14.1. The molecule has 126 valence electrons. The van der Waals surface area contributed by atoms with Crippen molar-refractivity contribution < 1.29 is 14.6 Å². The van der Waals surface area contributed by atoms with E-state index in [4.69, 9.17) is 10.00 Å². The number of nitrogens with one attached hydrogen (secondary N) is 1. The van der Waals surface area contributed by atoms with Gasteiger partial charge >= 0.3 is 6.03 Å². The first-order chi connectivity index (χ1) is 11.5. The van der Waals surface area contributed by atoms with E-state index in [1.807, 2.05) is 13.0 Å². The molecule has 0 spiro atoms. The van der Waals surface area contributed by atoms with Gasteiger partial charge in [-0.2, -0.15) is 5.26 Å². The van der Waals surface area contributed by atoms with E-state index in [0.717, 1.165) is 11.3 Å². The van der Waals surface area contributed by atoms with Crippen LogP contribution in [-0.2, 0) is 0 Å². The lowest BCUT2D eigenvalue weighted by Crippen LogP contribution is -2.39. The molecule has 2 heterocycles. The van der Waals surface area contributed by atoms with E-state index in [-0.39, 0.29) is 12.6 Å². The lowest BCUT2D eigenvalue weighted by atomic mass is 10.3. The number of aliphatic hydroxyl groups excluding tert-OH is 1. The van der Waals surface area contributed by atoms with Crippen LogP contribution in [0.5, 0.6) is 10.8 Å². The summed E-state index contributed by atoms with van der Waals surface area (Å²) in [5.74, 6) is 0.417. The van der Waals surface area contributed by atoms with Crippen molar-refractivity contribution >= 4 is 22.5 Å². The number of thiazole rings is 1. The molecule has 2 rings (SSSR count). The number of amides is 2. The van der Waals surface area contributed by atoms with Gasteiger partial charge in [0.2, 0.25) is 5.06 Å². The average Bonchev–Trinajstić information content (AvgIpc) is 2.99. The van der Waals surface area contributed by atoms with Crippen LogP contribution in [0.2, 0.25) is 0 Å². The van der Waals surface area contributed by atoms with Crippen LogP contribution in [-0.4, -0.2) is 45.2 Å². The van der Waals surface area contributed by atoms with E-state index in [1.165, 1.54) is 23.5 Å². The van der Waals surface area contributed by atoms with Gasteiger partial charge in [-0.25, -0.2) is 9.78 Å². The molecule has 9 heteroatoms. The van der Waals surface area contributed by atoms with Crippen molar-refractivity contribution in [2.75, 3.05) is 18.4 Å². The van der Waals surface area contributed by atoms with Crippen LogP contribution in [0, 0.1) is 11.3 Å². The summed E-state index contributed by atoms with van der Waals surface area (Å²) in [6.07, 6.45) is 3.79. The van der Waals surface area contributed by atoms with Crippen LogP contribution in [0.1, 0.15) is 19.4 Å². The van der Waals surface area contributed by atoms with Crippen LogP contribution in [0.15, 0.2) is 24.7 Å². The van der Waals surface area contributed by atoms with Gasteiger partial charge in [0.05, 0.1) is 24.1 Å². The third kappa shape index (κ3) is 4.91. The SMILES string of the molecule is CCN(C[C@H](C)O)C(=O)Nc1ncc(Oc2cncc(C#N)c2)s1. The summed E-state index contributed by atoms with van der Waals surface area (Å²) in [4.78, 5) is 21.6. The van der Waals surface area contributed by atoms with E-state index in [2.05, 4.69) is 15.3 Å². The smallest absolute Gasteiger partial charge is 0.323 e. The molecule has 8 nitrogen and oxygen atoms in total. The van der Waals surface area contributed by atoms with Crippen LogP contribution in [0.3, 0.4) is 0 Å². The van der Waals surface area contributed by atoms with Gasteiger partial charge in [-0.3, -0.25) is 10.3 Å². The predicted molar refractivity (Wildman–Crippen MR) is 89.1 cm³/mol. The fraction of sp³-hybridized carbons (Fsp3) is 0.333. The Morgan fingerprint density at radius 1 is 1.54 bits per heavy atom. The number of anilines is 1. The molecule has 0 fully saturated rings. The first-order valence-electron chi connectivity index (χ1n) is 7.24. The number of pyridine rings is 1. The Bertz CT molecular complexity index is 741. The second-order valence-corrected chi connectivity index (χ2v) is 5.92. The Kier molecular flexibility index (Phi) is 6.06. The fourth-order valence-corrected chi connectivity index (χ4v) is 2.54. The van der Waals surface area contributed by atoms with Crippen molar-refractivity contribution in [2.24, 2.45) is 0 Å². The Morgan fingerprint density at radius 3 is 3.00 bits per heavy atom. The standard InChI is InChI=1S/C15H17N5O3S/c1-3-20(9-10(2)21)15(22)19-14-18-8-13(24-14)23-12-4-11(5-16)6-17-7-12/h4,6-8,10,21H,3,9H2,1-2H3,(H,18,19,22)/t10-/m0/s1. The molecule has 24 heavy (non-hydrogen) atoms. The number of aromatic nitrogens is 2. The number of nitriles is 1. The first-order valence-corrected chi connectivity index (χ1v) is 8.06. The van der Waals surface area contributed by atoms with E-state index in [1.54, 1.807) is 13.0 Å². The highest BCUT2D eigenvalue weighted by atomic mass is 32.1. The molecule has 0 radical (unpaired) electrons. The second kappa shape index (κ2) is 8.24. The minimum absolute atomic E-state index is 0.240. The van der Waals surface area contributed by atoms with E-state index in [9.17, 15) is 9.90 Å². The minimum atomic E-state index is -0.606. The zero-order chi connectivity index (χ0) is 17.5. The first kappa shape index (κ1) is 17.7. The number of hydrogen-bond acceptors (Lipinski definition) is 7. The Labute approximate surface area is 143 Å². The molecular formula is C15H17N5O3S. The van der Waals surface area contributed by atoms with Crippen molar-refractivity contribution in [3.63, 3.8) is 0 Å². The third-order valence-electron chi connectivity index (χ3n) is 2.91. The summed E-state index contributed by atoms with van der Waals surface area (Å²) in [7, 11) is 0. The summed E-state index contributed by atoms with van der Waals surface area (Å²) in [6.45, 7) is 4.16. The molecule has 2 aromatic rings. The van der Waals surface area contributed by atoms with Crippen LogP contribution < -0.4 is 10.1 Å². The van der Waals surface area contributed by atoms with Gasteiger partial charge in [0.15, 0.2) is 5.13 Å². The molecule has 0 unspecified atom stereocenters. The Morgan fingerprint density at radius 2 is 2.33 bits per heavy atom. The molecule has 0 aliphatic carbocycles. The molecule has 2 aromatic heterocycles. The van der Waals surface area contributed by atoms with Crippen molar-refractivity contribution in [2.45, 2.75) is 20.0 Å².